The molecule has 1 aromatic carbocycles. The predicted molar refractivity (Wildman–Crippen MR) is 79.1 cm³/mol. The second-order valence-electron chi connectivity index (χ2n) is 4.91. The van der Waals surface area contributed by atoms with Crippen LogP contribution in [0.5, 0.6) is 5.75 Å². The lowest BCUT2D eigenvalue weighted by Gasteiger charge is -2.22. The van der Waals surface area contributed by atoms with Gasteiger partial charge in [-0.25, -0.2) is 0 Å². The molecule has 0 saturated heterocycles. The second kappa shape index (κ2) is 6.80. The summed E-state index contributed by atoms with van der Waals surface area (Å²) in [5.74, 6) is 0.538. The largest absolute Gasteiger partial charge is 0.484 e. The molecule has 2 rings (SSSR count). The molecule has 5 heteroatoms. The van der Waals surface area contributed by atoms with Crippen molar-refractivity contribution in [2.45, 2.75) is 38.1 Å². The summed E-state index contributed by atoms with van der Waals surface area (Å²) in [6, 6.07) is 5.61. The molecule has 0 aromatic heterocycles. The number of amides is 1. The smallest absolute Gasteiger partial charge is 0.258 e. The Balaban J connectivity index is 1.79. The lowest BCUT2D eigenvalue weighted by Crippen LogP contribution is -2.38. The molecule has 0 radical (unpaired) electrons. The Labute approximate surface area is 121 Å². The average molecular weight is 327 g/mol. The monoisotopic (exact) mass is 326 g/mol. The molecule has 4 nitrogen and oxygen atoms in total. The molecule has 1 aliphatic rings. The Hall–Kier alpha value is -1.23. The van der Waals surface area contributed by atoms with Crippen molar-refractivity contribution in [3.05, 3.63) is 22.7 Å². The summed E-state index contributed by atoms with van der Waals surface area (Å²) in [4.78, 5) is 11.8. The minimum absolute atomic E-state index is 0.0341. The van der Waals surface area contributed by atoms with E-state index in [0.717, 1.165) is 17.3 Å². The van der Waals surface area contributed by atoms with E-state index in [4.69, 9.17) is 10.5 Å². The van der Waals surface area contributed by atoms with Crippen molar-refractivity contribution in [2.24, 2.45) is 0 Å². The number of ether oxygens (including phenoxy) is 1. The van der Waals surface area contributed by atoms with Gasteiger partial charge in [0.2, 0.25) is 0 Å². The van der Waals surface area contributed by atoms with E-state index in [1.54, 1.807) is 18.2 Å². The van der Waals surface area contributed by atoms with Gasteiger partial charge in [-0.1, -0.05) is 35.2 Å². The van der Waals surface area contributed by atoms with E-state index in [9.17, 15) is 4.79 Å². The highest BCUT2D eigenvalue weighted by Crippen LogP contribution is 2.22. The molecular formula is C14H19BrN2O2. The van der Waals surface area contributed by atoms with Crippen LogP contribution >= 0.6 is 15.9 Å². The average Bonchev–Trinajstić information content (AvgIpc) is 2.36. The summed E-state index contributed by atoms with van der Waals surface area (Å²) in [5, 5.41) is 3.01. The first kappa shape index (κ1) is 14.2. The van der Waals surface area contributed by atoms with Gasteiger partial charge in [-0.3, -0.25) is 4.79 Å². The Kier molecular flexibility index (Phi) is 5.07. The van der Waals surface area contributed by atoms with Crippen LogP contribution in [-0.4, -0.2) is 18.6 Å². The van der Waals surface area contributed by atoms with Crippen molar-refractivity contribution in [3.8, 4) is 5.75 Å². The molecule has 1 aliphatic carbocycles. The number of nitrogens with two attached hydrogens (primary N) is 1. The zero-order valence-corrected chi connectivity index (χ0v) is 12.4. The van der Waals surface area contributed by atoms with Crippen LogP contribution in [0.25, 0.3) is 0 Å². The van der Waals surface area contributed by atoms with Crippen molar-refractivity contribution >= 4 is 27.5 Å². The maximum Gasteiger partial charge on any atom is 0.258 e. The number of hydrogen-bond donors (Lipinski definition) is 2. The van der Waals surface area contributed by atoms with E-state index in [2.05, 4.69) is 21.2 Å². The minimum Gasteiger partial charge on any atom is -0.484 e. The summed E-state index contributed by atoms with van der Waals surface area (Å²) in [5.41, 5.74) is 6.31. The van der Waals surface area contributed by atoms with Crippen molar-refractivity contribution in [1.29, 1.82) is 0 Å². The second-order valence-corrected chi connectivity index (χ2v) is 5.83. The fraction of sp³-hybridized carbons (Fsp3) is 0.500. The quantitative estimate of drug-likeness (QED) is 0.836. The van der Waals surface area contributed by atoms with Gasteiger partial charge in [-0.05, 0) is 25.0 Å². The van der Waals surface area contributed by atoms with Crippen molar-refractivity contribution < 1.29 is 9.53 Å². The molecule has 0 heterocycles. The molecule has 1 amide bonds. The number of nitrogen functional groups attached to an aromatic ring is 1. The topological polar surface area (TPSA) is 64.3 Å². The number of nitrogens with one attached hydrogen (secondary N) is 1. The highest BCUT2D eigenvalue weighted by atomic mass is 79.9. The number of rotatable bonds is 4. The lowest BCUT2D eigenvalue weighted by molar-refractivity contribution is -0.124. The third-order valence-electron chi connectivity index (χ3n) is 3.23. The van der Waals surface area contributed by atoms with Crippen LogP contribution < -0.4 is 15.8 Å². The molecular weight excluding hydrogens is 308 g/mol. The summed E-state index contributed by atoms with van der Waals surface area (Å²) in [7, 11) is 0. The molecule has 19 heavy (non-hydrogen) atoms. The number of carbonyl (C=O) groups excluding carboxylic acids is 1. The fourth-order valence-electron chi connectivity index (χ4n) is 2.33. The molecule has 0 aliphatic heterocycles. The van der Waals surface area contributed by atoms with Gasteiger partial charge in [0.1, 0.15) is 5.75 Å². The molecule has 0 bridgehead atoms. The number of carbonyl (C=O) groups is 1. The predicted octanol–water partition coefficient (Wildman–Crippen LogP) is 2.86. The van der Waals surface area contributed by atoms with Gasteiger partial charge in [0.05, 0.1) is 0 Å². The van der Waals surface area contributed by atoms with E-state index >= 15 is 0 Å². The summed E-state index contributed by atoms with van der Waals surface area (Å²) >= 11 is 3.34. The molecule has 0 spiro atoms. The van der Waals surface area contributed by atoms with Gasteiger partial charge in [0.15, 0.2) is 6.61 Å². The van der Waals surface area contributed by atoms with Gasteiger partial charge in [0.25, 0.3) is 5.91 Å². The van der Waals surface area contributed by atoms with Crippen LogP contribution in [0.2, 0.25) is 0 Å². The summed E-state index contributed by atoms with van der Waals surface area (Å²) in [6.45, 7) is 0.0341. The van der Waals surface area contributed by atoms with Crippen LogP contribution in [0.4, 0.5) is 5.69 Å². The van der Waals surface area contributed by atoms with Gasteiger partial charge in [0, 0.05) is 22.3 Å². The SMILES string of the molecule is Nc1cc(Br)cc(OCC(=O)NC2CCCCC2)c1. The van der Waals surface area contributed by atoms with E-state index < -0.39 is 0 Å². The third-order valence-corrected chi connectivity index (χ3v) is 3.69. The number of benzene rings is 1. The first-order valence-corrected chi connectivity index (χ1v) is 7.41. The molecule has 1 fully saturated rings. The van der Waals surface area contributed by atoms with Crippen LogP contribution in [0.1, 0.15) is 32.1 Å². The van der Waals surface area contributed by atoms with E-state index in [1.165, 1.54) is 19.3 Å². The van der Waals surface area contributed by atoms with Crippen LogP contribution in [0, 0.1) is 0 Å². The molecule has 1 saturated carbocycles. The summed E-state index contributed by atoms with van der Waals surface area (Å²) < 4.78 is 6.29. The maximum atomic E-state index is 11.8. The third kappa shape index (κ3) is 4.74. The van der Waals surface area contributed by atoms with E-state index in [-0.39, 0.29) is 12.5 Å². The Morgan fingerprint density at radius 2 is 2.05 bits per heavy atom. The number of anilines is 1. The molecule has 0 atom stereocenters. The molecule has 3 N–H and O–H groups in total. The van der Waals surface area contributed by atoms with Crippen molar-refractivity contribution in [3.63, 3.8) is 0 Å². The zero-order valence-electron chi connectivity index (χ0n) is 10.8. The highest BCUT2D eigenvalue weighted by Gasteiger charge is 2.15. The Morgan fingerprint density at radius 1 is 1.32 bits per heavy atom. The lowest BCUT2D eigenvalue weighted by atomic mass is 9.95. The Bertz CT molecular complexity index is 425. The van der Waals surface area contributed by atoms with Crippen LogP contribution in [-0.2, 0) is 4.79 Å². The summed E-state index contributed by atoms with van der Waals surface area (Å²) in [6.07, 6.45) is 5.84. The normalized spacial score (nSPS) is 16.1. The number of hydrogen-bond acceptors (Lipinski definition) is 3. The van der Waals surface area contributed by atoms with E-state index in [0.29, 0.717) is 17.5 Å². The minimum atomic E-state index is -0.0644. The molecule has 1 aromatic rings. The Morgan fingerprint density at radius 3 is 2.74 bits per heavy atom. The molecule has 0 unspecified atom stereocenters. The highest BCUT2D eigenvalue weighted by molar-refractivity contribution is 9.10. The fourth-order valence-corrected chi connectivity index (χ4v) is 2.82. The van der Waals surface area contributed by atoms with Crippen LogP contribution in [0.15, 0.2) is 22.7 Å². The first-order valence-electron chi connectivity index (χ1n) is 6.62. The zero-order chi connectivity index (χ0) is 13.7. The van der Waals surface area contributed by atoms with Gasteiger partial charge >= 0.3 is 0 Å². The van der Waals surface area contributed by atoms with Gasteiger partial charge in [-0.2, -0.15) is 0 Å². The van der Waals surface area contributed by atoms with Gasteiger partial charge < -0.3 is 15.8 Å². The van der Waals surface area contributed by atoms with E-state index in [1.807, 2.05) is 0 Å². The molecule has 104 valence electrons. The standard InChI is InChI=1S/C14H19BrN2O2/c15-10-6-11(16)8-13(7-10)19-9-14(18)17-12-4-2-1-3-5-12/h6-8,12H,1-5,9,16H2,(H,17,18). The maximum absolute atomic E-state index is 11.8. The van der Waals surface area contributed by atoms with Crippen LogP contribution in [0.3, 0.4) is 0 Å². The van der Waals surface area contributed by atoms with Crippen molar-refractivity contribution in [1.82, 2.24) is 5.32 Å². The van der Waals surface area contributed by atoms with Crippen molar-refractivity contribution in [2.75, 3.05) is 12.3 Å². The van der Waals surface area contributed by atoms with Gasteiger partial charge in [-0.15, -0.1) is 0 Å². The first-order chi connectivity index (χ1) is 9.13. The number of halogens is 1.